The summed E-state index contributed by atoms with van der Waals surface area (Å²) in [4.78, 5) is 4.04. The summed E-state index contributed by atoms with van der Waals surface area (Å²) in [5.74, 6) is -0.326. The Bertz CT molecular complexity index is 998. The number of benzene rings is 3. The van der Waals surface area contributed by atoms with Crippen molar-refractivity contribution in [1.82, 2.24) is 0 Å². The Labute approximate surface area is 166 Å². The Hall–Kier alpha value is -3.32. The molecule has 0 amide bonds. The van der Waals surface area contributed by atoms with Crippen molar-refractivity contribution in [2.24, 2.45) is 0 Å². The maximum atomic E-state index is 15.4. The van der Waals surface area contributed by atoms with Gasteiger partial charge in [0, 0.05) is 50.7 Å². The zero-order valence-electron chi connectivity index (χ0n) is 16.7. The van der Waals surface area contributed by atoms with Crippen molar-refractivity contribution in [3.63, 3.8) is 0 Å². The van der Waals surface area contributed by atoms with Gasteiger partial charge in [-0.05, 0) is 41.0 Å². The van der Waals surface area contributed by atoms with Crippen LogP contribution < -0.4 is 9.80 Å². The van der Waals surface area contributed by atoms with Crippen LogP contribution in [0.15, 0.2) is 60.7 Å². The monoisotopic (exact) mass is 373 g/mol. The first-order chi connectivity index (χ1) is 13.4. The topological polar surface area (TPSA) is 30.3 Å². The molecule has 0 heterocycles. The average molecular weight is 373 g/mol. The van der Waals surface area contributed by atoms with Gasteiger partial charge in [-0.1, -0.05) is 36.4 Å². The van der Waals surface area contributed by atoms with Crippen LogP contribution in [-0.2, 0) is 6.42 Å². The van der Waals surface area contributed by atoms with Gasteiger partial charge in [0.2, 0.25) is 0 Å². The van der Waals surface area contributed by atoms with Gasteiger partial charge >= 0.3 is 0 Å². The van der Waals surface area contributed by atoms with E-state index in [-0.39, 0.29) is 12.2 Å². The summed E-state index contributed by atoms with van der Waals surface area (Å²) < 4.78 is 15.4. The fourth-order valence-electron chi connectivity index (χ4n) is 3.23. The average Bonchev–Trinajstić information content (AvgIpc) is 2.69. The minimum atomic E-state index is -0.326. The van der Waals surface area contributed by atoms with Gasteiger partial charge in [0.1, 0.15) is 5.82 Å². The van der Waals surface area contributed by atoms with Crippen LogP contribution in [0, 0.1) is 17.1 Å². The highest BCUT2D eigenvalue weighted by Gasteiger charge is 2.17. The number of hydrogen-bond acceptors (Lipinski definition) is 3. The van der Waals surface area contributed by atoms with Crippen molar-refractivity contribution in [2.45, 2.75) is 6.42 Å². The summed E-state index contributed by atoms with van der Waals surface area (Å²) in [6, 6.07) is 21.6. The third-order valence-corrected chi connectivity index (χ3v) is 4.86. The van der Waals surface area contributed by atoms with Crippen molar-refractivity contribution < 1.29 is 4.39 Å². The van der Waals surface area contributed by atoms with E-state index in [9.17, 15) is 0 Å². The largest absolute Gasteiger partial charge is 0.378 e. The first kappa shape index (κ1) is 19.4. The molecule has 0 N–H and O–H groups in total. The molecule has 4 heteroatoms. The molecule has 0 radical (unpaired) electrons. The Morgan fingerprint density at radius 3 is 1.71 bits per heavy atom. The van der Waals surface area contributed by atoms with E-state index in [1.54, 1.807) is 6.07 Å². The SMILES string of the molecule is CN(C)c1ccc(-c2ccc(CC#N)c(F)c2-c2ccc(N(C)C)cc2)cc1. The molecule has 0 saturated carbocycles. The minimum absolute atomic E-state index is 0.0501. The molecule has 28 heavy (non-hydrogen) atoms. The highest BCUT2D eigenvalue weighted by molar-refractivity contribution is 5.85. The molecule has 3 nitrogen and oxygen atoms in total. The van der Waals surface area contributed by atoms with Crippen LogP contribution in [0.5, 0.6) is 0 Å². The van der Waals surface area contributed by atoms with E-state index >= 15 is 4.39 Å². The van der Waals surface area contributed by atoms with Crippen LogP contribution in [0.1, 0.15) is 5.56 Å². The predicted molar refractivity (Wildman–Crippen MR) is 115 cm³/mol. The van der Waals surface area contributed by atoms with Gasteiger partial charge in [0.05, 0.1) is 12.5 Å². The number of anilines is 2. The van der Waals surface area contributed by atoms with Gasteiger partial charge < -0.3 is 9.80 Å². The molecule has 0 aliphatic heterocycles. The van der Waals surface area contributed by atoms with E-state index in [0.29, 0.717) is 11.1 Å². The van der Waals surface area contributed by atoms with Crippen LogP contribution >= 0.6 is 0 Å². The molecular weight excluding hydrogens is 349 g/mol. The predicted octanol–water partition coefficient (Wildman–Crippen LogP) is 5.36. The molecule has 0 bridgehead atoms. The van der Waals surface area contributed by atoms with E-state index < -0.39 is 0 Å². The quantitative estimate of drug-likeness (QED) is 0.603. The third-order valence-electron chi connectivity index (χ3n) is 4.86. The minimum Gasteiger partial charge on any atom is -0.378 e. The second-order valence-electron chi connectivity index (χ2n) is 7.18. The molecular formula is C24H24FN3. The van der Waals surface area contributed by atoms with Gasteiger partial charge in [-0.15, -0.1) is 0 Å². The molecule has 0 aliphatic carbocycles. The number of nitrogens with zero attached hydrogens (tertiary/aromatic N) is 3. The van der Waals surface area contributed by atoms with Crippen molar-refractivity contribution in [3.05, 3.63) is 72.0 Å². The van der Waals surface area contributed by atoms with E-state index in [0.717, 1.165) is 28.1 Å². The second kappa shape index (κ2) is 8.14. The van der Waals surface area contributed by atoms with Crippen LogP contribution in [0.4, 0.5) is 15.8 Å². The van der Waals surface area contributed by atoms with E-state index in [1.807, 2.05) is 92.6 Å². The Balaban J connectivity index is 2.17. The van der Waals surface area contributed by atoms with Crippen molar-refractivity contribution in [1.29, 1.82) is 5.26 Å². The fourth-order valence-corrected chi connectivity index (χ4v) is 3.23. The molecule has 0 unspecified atom stereocenters. The molecule has 3 rings (SSSR count). The van der Waals surface area contributed by atoms with Crippen molar-refractivity contribution >= 4 is 11.4 Å². The van der Waals surface area contributed by atoms with E-state index in [4.69, 9.17) is 5.26 Å². The van der Waals surface area contributed by atoms with Gasteiger partial charge in [-0.2, -0.15) is 5.26 Å². The second-order valence-corrected chi connectivity index (χ2v) is 7.18. The first-order valence-electron chi connectivity index (χ1n) is 9.16. The van der Waals surface area contributed by atoms with Crippen molar-refractivity contribution in [2.75, 3.05) is 38.0 Å². The maximum absolute atomic E-state index is 15.4. The maximum Gasteiger partial charge on any atom is 0.135 e. The molecule has 0 atom stereocenters. The zero-order valence-corrected chi connectivity index (χ0v) is 16.7. The molecule has 0 fully saturated rings. The molecule has 3 aromatic carbocycles. The van der Waals surface area contributed by atoms with Crippen molar-refractivity contribution in [3.8, 4) is 28.3 Å². The van der Waals surface area contributed by atoms with Crippen LogP contribution in [-0.4, -0.2) is 28.2 Å². The lowest BCUT2D eigenvalue weighted by molar-refractivity contribution is 0.619. The number of hydrogen-bond donors (Lipinski definition) is 0. The van der Waals surface area contributed by atoms with E-state index in [1.165, 1.54) is 0 Å². The summed E-state index contributed by atoms with van der Waals surface area (Å²) >= 11 is 0. The lowest BCUT2D eigenvalue weighted by Crippen LogP contribution is -2.08. The highest BCUT2D eigenvalue weighted by Crippen LogP contribution is 2.37. The van der Waals surface area contributed by atoms with Crippen LogP contribution in [0.25, 0.3) is 22.3 Å². The Morgan fingerprint density at radius 2 is 1.25 bits per heavy atom. The zero-order chi connectivity index (χ0) is 20.3. The fraction of sp³-hybridized carbons (Fsp3) is 0.208. The summed E-state index contributed by atoms with van der Waals surface area (Å²) in [7, 11) is 7.92. The first-order valence-corrected chi connectivity index (χ1v) is 9.16. The van der Waals surface area contributed by atoms with E-state index in [2.05, 4.69) is 6.07 Å². The summed E-state index contributed by atoms with van der Waals surface area (Å²) in [6.07, 6.45) is 0.0501. The van der Waals surface area contributed by atoms with Crippen LogP contribution in [0.3, 0.4) is 0 Å². The normalized spacial score (nSPS) is 10.4. The van der Waals surface area contributed by atoms with Crippen LogP contribution in [0.2, 0.25) is 0 Å². The summed E-state index contributed by atoms with van der Waals surface area (Å²) in [5, 5.41) is 9.05. The highest BCUT2D eigenvalue weighted by atomic mass is 19.1. The summed E-state index contributed by atoms with van der Waals surface area (Å²) in [5.41, 5.74) is 5.66. The lowest BCUT2D eigenvalue weighted by Gasteiger charge is -2.17. The molecule has 0 aromatic heterocycles. The number of nitriles is 1. The Morgan fingerprint density at radius 1 is 0.750 bits per heavy atom. The lowest BCUT2D eigenvalue weighted by atomic mass is 9.91. The molecule has 0 spiro atoms. The molecule has 0 saturated heterocycles. The molecule has 142 valence electrons. The third kappa shape index (κ3) is 3.84. The Kier molecular flexibility index (Phi) is 5.65. The smallest absolute Gasteiger partial charge is 0.135 e. The van der Waals surface area contributed by atoms with Gasteiger partial charge in [-0.25, -0.2) is 4.39 Å². The van der Waals surface area contributed by atoms with Gasteiger partial charge in [0.15, 0.2) is 0 Å². The number of halogens is 1. The van der Waals surface area contributed by atoms with Gasteiger partial charge in [0.25, 0.3) is 0 Å². The van der Waals surface area contributed by atoms with Gasteiger partial charge in [-0.3, -0.25) is 0 Å². The molecule has 3 aromatic rings. The molecule has 0 aliphatic rings. The summed E-state index contributed by atoms with van der Waals surface area (Å²) in [6.45, 7) is 0. The standard InChI is InChI=1S/C24H24FN3/c1-27(2)20-10-5-17(6-11-20)22-14-9-19(15-16-26)24(25)23(22)18-7-12-21(13-8-18)28(3)4/h5-14H,15H2,1-4H3. The number of rotatable bonds is 5.